The van der Waals surface area contributed by atoms with Gasteiger partial charge in [0.05, 0.1) is 0 Å². The molecule has 2 nitrogen and oxygen atoms in total. The Balaban J connectivity index is 2.71. The molecule has 0 saturated heterocycles. The van der Waals surface area contributed by atoms with Gasteiger partial charge in [0, 0.05) is 6.42 Å². The predicted octanol–water partition coefficient (Wildman–Crippen LogP) is 1.14. The van der Waals surface area contributed by atoms with Gasteiger partial charge in [-0.3, -0.25) is 9.59 Å². The summed E-state index contributed by atoms with van der Waals surface area (Å²) >= 11 is 0. The molecule has 1 aromatic rings. The highest BCUT2D eigenvalue weighted by Crippen LogP contribution is 2.03. The van der Waals surface area contributed by atoms with Crippen molar-refractivity contribution >= 4 is 12.1 Å². The molecule has 0 unspecified atom stereocenters. The van der Waals surface area contributed by atoms with Gasteiger partial charge in [0.15, 0.2) is 12.1 Å². The number of carbonyl (C=O) groups is 2. The number of carbonyl (C=O) groups excluding carboxylic acids is 2. The molecule has 0 N–H and O–H groups in total. The Morgan fingerprint density at radius 3 is 2.42 bits per heavy atom. The Morgan fingerprint density at radius 2 is 1.92 bits per heavy atom. The third-order valence-electron chi connectivity index (χ3n) is 1.42. The van der Waals surface area contributed by atoms with Gasteiger partial charge < -0.3 is 0 Å². The van der Waals surface area contributed by atoms with Gasteiger partial charge in [0.25, 0.3) is 0 Å². The van der Waals surface area contributed by atoms with Gasteiger partial charge >= 0.3 is 0 Å². The first kappa shape index (κ1) is 8.59. The SMILES string of the molecule is O=CC(=O)Cc1ccc(F)cc1. The number of benzene rings is 1. The number of Topliss-reactive ketones (excluding diaryl/α,β-unsaturated/α-hetero) is 1. The van der Waals surface area contributed by atoms with Gasteiger partial charge in [-0.1, -0.05) is 12.1 Å². The lowest BCUT2D eigenvalue weighted by molar-refractivity contribution is -0.129. The second-order valence-electron chi connectivity index (χ2n) is 2.39. The second-order valence-corrected chi connectivity index (χ2v) is 2.39. The zero-order valence-corrected chi connectivity index (χ0v) is 6.29. The zero-order chi connectivity index (χ0) is 8.97. The first-order valence-electron chi connectivity index (χ1n) is 3.45. The molecule has 1 rings (SSSR count). The van der Waals surface area contributed by atoms with Crippen LogP contribution in [0.1, 0.15) is 5.56 Å². The summed E-state index contributed by atoms with van der Waals surface area (Å²) in [6.45, 7) is 0. The van der Waals surface area contributed by atoms with Crippen molar-refractivity contribution in [2.45, 2.75) is 6.42 Å². The molecule has 0 saturated carbocycles. The van der Waals surface area contributed by atoms with E-state index < -0.39 is 5.78 Å². The fourth-order valence-electron chi connectivity index (χ4n) is 0.845. The molecule has 0 amide bonds. The highest BCUT2D eigenvalue weighted by atomic mass is 19.1. The van der Waals surface area contributed by atoms with E-state index in [0.29, 0.717) is 5.56 Å². The number of aldehydes is 1. The van der Waals surface area contributed by atoms with E-state index in [2.05, 4.69) is 0 Å². The standard InChI is InChI=1S/C9H7FO2/c10-8-3-1-7(2-4-8)5-9(12)6-11/h1-4,6H,5H2. The molecule has 12 heavy (non-hydrogen) atoms. The monoisotopic (exact) mass is 166 g/mol. The Kier molecular flexibility index (Phi) is 2.69. The summed E-state index contributed by atoms with van der Waals surface area (Å²) in [6.07, 6.45) is 0.313. The van der Waals surface area contributed by atoms with E-state index in [1.54, 1.807) is 0 Å². The van der Waals surface area contributed by atoms with Crippen molar-refractivity contribution < 1.29 is 14.0 Å². The molecule has 0 aliphatic heterocycles. The van der Waals surface area contributed by atoms with Gasteiger partial charge in [-0.05, 0) is 17.7 Å². The predicted molar refractivity (Wildman–Crippen MR) is 41.2 cm³/mol. The molecule has 0 spiro atoms. The van der Waals surface area contributed by atoms with Crippen LogP contribution in [-0.4, -0.2) is 12.1 Å². The summed E-state index contributed by atoms with van der Waals surface area (Å²) < 4.78 is 12.4. The fourth-order valence-corrected chi connectivity index (χ4v) is 0.845. The zero-order valence-electron chi connectivity index (χ0n) is 6.29. The number of ketones is 1. The van der Waals surface area contributed by atoms with Crippen molar-refractivity contribution in [3.05, 3.63) is 35.6 Å². The fraction of sp³-hybridized carbons (Fsp3) is 0.111. The number of hydrogen-bond donors (Lipinski definition) is 0. The van der Waals surface area contributed by atoms with Crippen molar-refractivity contribution in [2.75, 3.05) is 0 Å². The molecule has 0 bridgehead atoms. The van der Waals surface area contributed by atoms with Gasteiger partial charge in [0.2, 0.25) is 0 Å². The molecule has 0 fully saturated rings. The molecule has 0 atom stereocenters. The largest absolute Gasteiger partial charge is 0.295 e. The first-order chi connectivity index (χ1) is 5.72. The molecular formula is C9H7FO2. The van der Waals surface area contributed by atoms with Gasteiger partial charge in [-0.2, -0.15) is 0 Å². The summed E-state index contributed by atoms with van der Waals surface area (Å²) in [5.41, 5.74) is 0.647. The van der Waals surface area contributed by atoms with Gasteiger partial charge in [-0.15, -0.1) is 0 Å². The Hall–Kier alpha value is -1.51. The van der Waals surface area contributed by atoms with Crippen molar-refractivity contribution in [1.29, 1.82) is 0 Å². The van der Waals surface area contributed by atoms with E-state index in [9.17, 15) is 14.0 Å². The highest BCUT2D eigenvalue weighted by molar-refractivity contribution is 6.25. The smallest absolute Gasteiger partial charge is 0.199 e. The lowest BCUT2D eigenvalue weighted by Gasteiger charge is -1.94. The van der Waals surface area contributed by atoms with E-state index in [1.165, 1.54) is 24.3 Å². The Bertz CT molecular complexity index is 290. The van der Waals surface area contributed by atoms with Crippen LogP contribution in [0.15, 0.2) is 24.3 Å². The molecule has 1 aromatic carbocycles. The lowest BCUT2D eigenvalue weighted by Crippen LogP contribution is -2.02. The van der Waals surface area contributed by atoms with Crippen LogP contribution in [-0.2, 0) is 16.0 Å². The molecule has 0 heterocycles. The van der Waals surface area contributed by atoms with Crippen molar-refractivity contribution in [3.63, 3.8) is 0 Å². The number of halogens is 1. The summed E-state index contributed by atoms with van der Waals surface area (Å²) in [7, 11) is 0. The normalized spacial score (nSPS) is 9.42. The van der Waals surface area contributed by atoms with Crippen LogP contribution in [0, 0.1) is 5.82 Å². The molecule has 62 valence electrons. The Labute approximate surface area is 69.0 Å². The van der Waals surface area contributed by atoms with E-state index in [-0.39, 0.29) is 18.5 Å². The van der Waals surface area contributed by atoms with Crippen LogP contribution < -0.4 is 0 Å². The average Bonchev–Trinajstić information content (AvgIpc) is 2.09. The van der Waals surface area contributed by atoms with Crippen LogP contribution in [0.3, 0.4) is 0 Å². The van der Waals surface area contributed by atoms with Crippen molar-refractivity contribution in [3.8, 4) is 0 Å². The van der Waals surface area contributed by atoms with E-state index in [1.807, 2.05) is 0 Å². The first-order valence-corrected chi connectivity index (χ1v) is 3.45. The van der Waals surface area contributed by atoms with Gasteiger partial charge in [-0.25, -0.2) is 4.39 Å². The minimum absolute atomic E-state index is 0.0454. The maximum atomic E-state index is 12.4. The molecular weight excluding hydrogens is 159 g/mol. The van der Waals surface area contributed by atoms with Crippen molar-refractivity contribution in [2.24, 2.45) is 0 Å². The quantitative estimate of drug-likeness (QED) is 0.498. The van der Waals surface area contributed by atoms with Crippen LogP contribution in [0.25, 0.3) is 0 Å². The minimum atomic E-state index is -0.499. The van der Waals surface area contributed by atoms with Crippen LogP contribution >= 0.6 is 0 Å². The van der Waals surface area contributed by atoms with Crippen LogP contribution in [0.4, 0.5) is 4.39 Å². The average molecular weight is 166 g/mol. The van der Waals surface area contributed by atoms with E-state index in [4.69, 9.17) is 0 Å². The molecule has 0 aliphatic carbocycles. The Morgan fingerprint density at radius 1 is 1.33 bits per heavy atom. The van der Waals surface area contributed by atoms with E-state index >= 15 is 0 Å². The minimum Gasteiger partial charge on any atom is -0.295 e. The third-order valence-corrected chi connectivity index (χ3v) is 1.42. The van der Waals surface area contributed by atoms with Crippen LogP contribution in [0.5, 0.6) is 0 Å². The van der Waals surface area contributed by atoms with Crippen molar-refractivity contribution in [1.82, 2.24) is 0 Å². The molecule has 0 aromatic heterocycles. The summed E-state index contributed by atoms with van der Waals surface area (Å²) in [6, 6.07) is 5.48. The summed E-state index contributed by atoms with van der Waals surface area (Å²) in [5.74, 6) is -0.848. The lowest BCUT2D eigenvalue weighted by atomic mass is 10.1. The number of hydrogen-bond acceptors (Lipinski definition) is 2. The number of rotatable bonds is 3. The summed E-state index contributed by atoms with van der Waals surface area (Å²) in [4.78, 5) is 20.6. The molecule has 3 heteroatoms. The summed E-state index contributed by atoms with van der Waals surface area (Å²) in [5, 5.41) is 0. The maximum absolute atomic E-state index is 12.4. The van der Waals surface area contributed by atoms with E-state index in [0.717, 1.165) is 0 Å². The second kappa shape index (κ2) is 3.76. The van der Waals surface area contributed by atoms with Crippen LogP contribution in [0.2, 0.25) is 0 Å². The molecule has 0 aliphatic rings. The third kappa shape index (κ3) is 2.27. The van der Waals surface area contributed by atoms with Gasteiger partial charge in [0.1, 0.15) is 5.82 Å². The molecule has 0 radical (unpaired) electrons. The highest BCUT2D eigenvalue weighted by Gasteiger charge is 2.00. The maximum Gasteiger partial charge on any atom is 0.199 e. The topological polar surface area (TPSA) is 34.1 Å².